The Balaban J connectivity index is 0.00000256. The van der Waals surface area contributed by atoms with Gasteiger partial charge in [0.25, 0.3) is 0 Å². The van der Waals surface area contributed by atoms with Crippen LogP contribution in [0.2, 0.25) is 0 Å². The van der Waals surface area contributed by atoms with E-state index in [9.17, 15) is 4.79 Å². The lowest BCUT2D eigenvalue weighted by Gasteiger charge is -2.46. The van der Waals surface area contributed by atoms with Gasteiger partial charge in [0.05, 0.1) is 6.17 Å². The fourth-order valence-corrected chi connectivity index (χ4v) is 6.00. The van der Waals surface area contributed by atoms with Crippen molar-refractivity contribution in [2.75, 3.05) is 18.0 Å². The average molecular weight is 434 g/mol. The Kier molecular flexibility index (Phi) is 8.09. The molecule has 1 spiro atoms. The third-order valence-corrected chi connectivity index (χ3v) is 7.61. The quantitative estimate of drug-likeness (QED) is 0.675. The summed E-state index contributed by atoms with van der Waals surface area (Å²) in [5.74, 6) is 0.233. The van der Waals surface area contributed by atoms with E-state index in [2.05, 4.69) is 53.2 Å². The Morgan fingerprint density at radius 2 is 1.57 bits per heavy atom. The van der Waals surface area contributed by atoms with E-state index in [1.807, 2.05) is 0 Å². The van der Waals surface area contributed by atoms with Gasteiger partial charge in [-0.2, -0.15) is 0 Å². The van der Waals surface area contributed by atoms with E-state index in [-0.39, 0.29) is 30.0 Å². The van der Waals surface area contributed by atoms with Gasteiger partial charge >= 0.3 is 0 Å². The number of nitrogens with one attached hydrogen (secondary N) is 1. The lowest BCUT2D eigenvalue weighted by Crippen LogP contribution is -2.58. The molecule has 2 aliphatic heterocycles. The van der Waals surface area contributed by atoms with Crippen molar-refractivity contribution in [1.29, 1.82) is 0 Å². The van der Waals surface area contributed by atoms with E-state index >= 15 is 0 Å². The van der Waals surface area contributed by atoms with Gasteiger partial charge < -0.3 is 15.1 Å². The molecule has 0 bridgehead atoms. The highest BCUT2D eigenvalue weighted by molar-refractivity contribution is 5.94. The number of anilines is 1. The van der Waals surface area contributed by atoms with E-state index in [1.54, 1.807) is 0 Å². The molecule has 0 unspecified atom stereocenters. The average Bonchev–Trinajstić information content (AvgIpc) is 2.96. The van der Waals surface area contributed by atoms with Crippen LogP contribution in [0.15, 0.2) is 24.3 Å². The highest BCUT2D eigenvalue weighted by Crippen LogP contribution is 2.40. The van der Waals surface area contributed by atoms with Crippen molar-refractivity contribution >= 4 is 24.0 Å². The third kappa shape index (κ3) is 4.80. The molecule has 4 nitrogen and oxygen atoms in total. The molecular formula is C25H40ClN3O. The number of carbonyl (C=O) groups excluding carboxylic acids is 1. The zero-order valence-electron chi connectivity index (χ0n) is 18.9. The van der Waals surface area contributed by atoms with Crippen molar-refractivity contribution < 1.29 is 4.79 Å². The maximum atomic E-state index is 13.1. The Bertz CT molecular complexity index is 691. The number of aryl methyl sites for hydroxylation is 1. The molecule has 30 heavy (non-hydrogen) atoms. The summed E-state index contributed by atoms with van der Waals surface area (Å²) in [6.07, 6.45) is 14.4. The Hall–Kier alpha value is -1.26. The molecule has 2 saturated heterocycles. The van der Waals surface area contributed by atoms with Crippen LogP contribution in [0.1, 0.15) is 83.1 Å². The van der Waals surface area contributed by atoms with Crippen LogP contribution in [0.25, 0.3) is 0 Å². The lowest BCUT2D eigenvalue weighted by molar-refractivity contribution is -0.125. The number of hydrogen-bond donors (Lipinski definition) is 1. The van der Waals surface area contributed by atoms with Crippen LogP contribution < -0.4 is 10.2 Å². The van der Waals surface area contributed by atoms with E-state index in [0.29, 0.717) is 0 Å². The predicted molar refractivity (Wildman–Crippen MR) is 127 cm³/mol. The molecular weight excluding hydrogens is 394 g/mol. The fraction of sp³-hybridized carbons (Fsp3) is 0.720. The number of nitrogens with zero attached hydrogens (tertiary/aromatic N) is 2. The number of likely N-dealkylation sites (tertiary alicyclic amines) is 1. The first-order chi connectivity index (χ1) is 14.1. The normalized spacial score (nSPS) is 26.3. The Labute approximate surface area is 189 Å². The first-order valence-corrected chi connectivity index (χ1v) is 12.0. The number of hydrogen-bond acceptors (Lipinski definition) is 3. The largest absolute Gasteiger partial charge is 0.337 e. The number of piperidine rings is 1. The SMILES string of the molecule is Cc1cccc(N2[C@H](C)NC(=O)C23CCN(C2CCCCCCCCC2)CC3)c1.Cl. The molecule has 4 rings (SSSR count). The topological polar surface area (TPSA) is 35.6 Å². The molecule has 1 N–H and O–H groups in total. The Morgan fingerprint density at radius 3 is 2.17 bits per heavy atom. The molecule has 1 aromatic rings. The van der Waals surface area contributed by atoms with Crippen molar-refractivity contribution in [3.63, 3.8) is 0 Å². The van der Waals surface area contributed by atoms with Crippen molar-refractivity contribution in [3.05, 3.63) is 29.8 Å². The predicted octanol–water partition coefficient (Wildman–Crippen LogP) is 5.43. The number of halogens is 1. The highest BCUT2D eigenvalue weighted by atomic mass is 35.5. The van der Waals surface area contributed by atoms with Gasteiger partial charge in [0.2, 0.25) is 5.91 Å². The van der Waals surface area contributed by atoms with E-state index < -0.39 is 0 Å². The molecule has 0 radical (unpaired) electrons. The van der Waals surface area contributed by atoms with Crippen LogP contribution in [0.4, 0.5) is 5.69 Å². The molecule has 1 aromatic carbocycles. The molecule has 5 heteroatoms. The molecule has 1 saturated carbocycles. The van der Waals surface area contributed by atoms with Crippen LogP contribution in [0, 0.1) is 6.92 Å². The van der Waals surface area contributed by atoms with E-state index in [1.165, 1.54) is 69.0 Å². The van der Waals surface area contributed by atoms with Crippen molar-refractivity contribution in [1.82, 2.24) is 10.2 Å². The Morgan fingerprint density at radius 1 is 0.967 bits per heavy atom. The number of rotatable bonds is 2. The molecule has 3 fully saturated rings. The molecule has 2 heterocycles. The number of amides is 1. The van der Waals surface area contributed by atoms with Gasteiger partial charge in [-0.25, -0.2) is 0 Å². The molecule has 1 aliphatic carbocycles. The summed E-state index contributed by atoms with van der Waals surface area (Å²) in [7, 11) is 0. The van der Waals surface area contributed by atoms with Crippen molar-refractivity contribution in [3.8, 4) is 0 Å². The van der Waals surface area contributed by atoms with Gasteiger partial charge in [0, 0.05) is 24.8 Å². The maximum Gasteiger partial charge on any atom is 0.247 e. The van der Waals surface area contributed by atoms with Crippen molar-refractivity contribution in [2.45, 2.75) is 102 Å². The third-order valence-electron chi connectivity index (χ3n) is 7.61. The molecule has 1 amide bonds. The van der Waals surface area contributed by atoms with E-state index in [4.69, 9.17) is 0 Å². The minimum atomic E-state index is -0.375. The van der Waals surface area contributed by atoms with Crippen LogP contribution in [0.5, 0.6) is 0 Å². The van der Waals surface area contributed by atoms with Gasteiger partial charge in [-0.15, -0.1) is 12.4 Å². The smallest absolute Gasteiger partial charge is 0.247 e. The number of benzene rings is 1. The minimum Gasteiger partial charge on any atom is -0.337 e. The second kappa shape index (κ2) is 10.4. The van der Waals surface area contributed by atoms with Gasteiger partial charge in [0.1, 0.15) is 5.54 Å². The van der Waals surface area contributed by atoms with Gasteiger partial charge in [0.15, 0.2) is 0 Å². The van der Waals surface area contributed by atoms with Crippen LogP contribution in [-0.2, 0) is 4.79 Å². The first kappa shape index (κ1) is 23.4. The van der Waals surface area contributed by atoms with Crippen LogP contribution in [-0.4, -0.2) is 41.6 Å². The first-order valence-electron chi connectivity index (χ1n) is 12.0. The minimum absolute atomic E-state index is 0. The summed E-state index contributed by atoms with van der Waals surface area (Å²) in [4.78, 5) is 18.2. The summed E-state index contributed by atoms with van der Waals surface area (Å²) in [6.45, 7) is 6.36. The van der Waals surface area contributed by atoms with Gasteiger partial charge in [-0.1, -0.05) is 57.1 Å². The highest BCUT2D eigenvalue weighted by Gasteiger charge is 2.53. The zero-order chi connectivity index (χ0) is 20.3. The molecule has 0 aromatic heterocycles. The van der Waals surface area contributed by atoms with Crippen LogP contribution >= 0.6 is 12.4 Å². The zero-order valence-corrected chi connectivity index (χ0v) is 19.7. The second-order valence-corrected chi connectivity index (χ2v) is 9.63. The lowest BCUT2D eigenvalue weighted by atomic mass is 9.84. The number of carbonyl (C=O) groups is 1. The maximum absolute atomic E-state index is 13.1. The monoisotopic (exact) mass is 433 g/mol. The fourth-order valence-electron chi connectivity index (χ4n) is 6.00. The summed E-state index contributed by atoms with van der Waals surface area (Å²) in [5, 5.41) is 3.24. The van der Waals surface area contributed by atoms with Crippen LogP contribution in [0.3, 0.4) is 0 Å². The van der Waals surface area contributed by atoms with Crippen molar-refractivity contribution in [2.24, 2.45) is 0 Å². The summed E-state index contributed by atoms with van der Waals surface area (Å²) < 4.78 is 0. The summed E-state index contributed by atoms with van der Waals surface area (Å²) in [5.41, 5.74) is 2.06. The molecule has 1 atom stereocenters. The molecule has 168 valence electrons. The summed E-state index contributed by atoms with van der Waals surface area (Å²) in [6, 6.07) is 9.36. The standard InChI is InChI=1S/C25H39N3O.ClH/c1-20-11-10-14-23(19-20)28-21(2)26-24(29)25(28)15-17-27(18-16-25)22-12-8-6-4-3-5-7-9-13-22;/h10-11,14,19,21-22H,3-9,12-13,15-18H2,1-2H3,(H,26,29);1H/t21-;/m1./s1. The van der Waals surface area contributed by atoms with E-state index in [0.717, 1.165) is 32.0 Å². The molecule has 3 aliphatic rings. The van der Waals surface area contributed by atoms with Gasteiger partial charge in [-0.3, -0.25) is 4.79 Å². The second-order valence-electron chi connectivity index (χ2n) is 9.63. The summed E-state index contributed by atoms with van der Waals surface area (Å²) >= 11 is 0. The van der Waals surface area contributed by atoms with Gasteiger partial charge in [-0.05, 0) is 57.2 Å².